The number of morpholine rings is 1. The Kier molecular flexibility index (Phi) is 5.03. The first-order valence-corrected chi connectivity index (χ1v) is 7.26. The maximum absolute atomic E-state index is 12.1. The second kappa shape index (κ2) is 6.79. The van der Waals surface area contributed by atoms with E-state index in [1.165, 1.54) is 6.21 Å². The van der Waals surface area contributed by atoms with Crippen molar-refractivity contribution in [1.29, 1.82) is 0 Å². The van der Waals surface area contributed by atoms with Crippen LogP contribution in [0.25, 0.3) is 0 Å². The Balaban J connectivity index is 2.02. The molecule has 0 radical (unpaired) electrons. The molecular formula is C16H22N2O4. The second-order valence-corrected chi connectivity index (χ2v) is 6.20. The maximum atomic E-state index is 12.1. The third-order valence-electron chi connectivity index (χ3n) is 3.23. The molecule has 1 aliphatic heterocycles. The predicted octanol–water partition coefficient (Wildman–Crippen LogP) is 2.80. The number of benzene rings is 1. The molecule has 1 aliphatic rings. The number of hydrogen-bond acceptors (Lipinski definition) is 5. The first-order valence-electron chi connectivity index (χ1n) is 7.26. The molecule has 6 nitrogen and oxygen atoms in total. The van der Waals surface area contributed by atoms with Crippen molar-refractivity contribution in [1.82, 2.24) is 4.90 Å². The van der Waals surface area contributed by atoms with Crippen molar-refractivity contribution in [3.8, 4) is 0 Å². The summed E-state index contributed by atoms with van der Waals surface area (Å²) in [4.78, 5) is 13.8. The predicted molar refractivity (Wildman–Crippen MR) is 82.3 cm³/mol. The molecule has 0 spiro atoms. The number of amides is 1. The first kappa shape index (κ1) is 16.3. The molecule has 0 aromatic heterocycles. The summed E-state index contributed by atoms with van der Waals surface area (Å²) < 4.78 is 11.1. The Morgan fingerprint density at radius 1 is 1.41 bits per heavy atom. The van der Waals surface area contributed by atoms with Gasteiger partial charge in [0.1, 0.15) is 11.7 Å². The Morgan fingerprint density at radius 3 is 2.68 bits per heavy atom. The highest BCUT2D eigenvalue weighted by Gasteiger charge is 2.28. The summed E-state index contributed by atoms with van der Waals surface area (Å²) in [5.74, 6) is 0. The van der Waals surface area contributed by atoms with Crippen LogP contribution in [0.15, 0.2) is 29.4 Å². The summed E-state index contributed by atoms with van der Waals surface area (Å²) in [6, 6.07) is 7.48. The summed E-state index contributed by atoms with van der Waals surface area (Å²) in [7, 11) is 0. The van der Waals surface area contributed by atoms with E-state index in [0.717, 1.165) is 11.1 Å². The molecule has 1 amide bonds. The summed E-state index contributed by atoms with van der Waals surface area (Å²) >= 11 is 0. The molecule has 1 saturated heterocycles. The number of hydrogen-bond donors (Lipinski definition) is 1. The summed E-state index contributed by atoms with van der Waals surface area (Å²) in [6.07, 6.45) is 0.865. The Bertz CT molecular complexity index is 534. The van der Waals surface area contributed by atoms with Crippen LogP contribution in [0, 0.1) is 0 Å². The molecule has 1 aromatic rings. The van der Waals surface area contributed by atoms with Gasteiger partial charge >= 0.3 is 6.09 Å². The van der Waals surface area contributed by atoms with Crippen LogP contribution < -0.4 is 0 Å². The van der Waals surface area contributed by atoms with Crippen molar-refractivity contribution in [2.75, 3.05) is 19.7 Å². The molecule has 1 unspecified atom stereocenters. The van der Waals surface area contributed by atoms with E-state index in [-0.39, 0.29) is 12.2 Å². The van der Waals surface area contributed by atoms with Gasteiger partial charge in [0.25, 0.3) is 0 Å². The molecule has 1 fully saturated rings. The largest absolute Gasteiger partial charge is 0.444 e. The van der Waals surface area contributed by atoms with Crippen LogP contribution in [0.5, 0.6) is 0 Å². The van der Waals surface area contributed by atoms with Gasteiger partial charge in [-0.05, 0) is 31.9 Å². The summed E-state index contributed by atoms with van der Waals surface area (Å²) in [5.41, 5.74) is 1.27. The van der Waals surface area contributed by atoms with Crippen LogP contribution in [0.2, 0.25) is 0 Å². The van der Waals surface area contributed by atoms with Gasteiger partial charge in [-0.3, -0.25) is 0 Å². The van der Waals surface area contributed by atoms with Gasteiger partial charge in [-0.15, -0.1) is 0 Å². The van der Waals surface area contributed by atoms with Crippen molar-refractivity contribution in [3.05, 3.63) is 35.4 Å². The number of ether oxygens (including phenoxy) is 2. The van der Waals surface area contributed by atoms with Gasteiger partial charge in [-0.1, -0.05) is 29.4 Å². The minimum Gasteiger partial charge on any atom is -0.444 e. The molecule has 0 aliphatic carbocycles. The van der Waals surface area contributed by atoms with E-state index in [2.05, 4.69) is 5.16 Å². The molecule has 1 N–H and O–H groups in total. The van der Waals surface area contributed by atoms with Gasteiger partial charge in [-0.2, -0.15) is 0 Å². The van der Waals surface area contributed by atoms with Gasteiger partial charge in [0.15, 0.2) is 0 Å². The summed E-state index contributed by atoms with van der Waals surface area (Å²) in [6.45, 7) is 7.02. The topological polar surface area (TPSA) is 71.4 Å². The molecule has 0 bridgehead atoms. The van der Waals surface area contributed by atoms with Gasteiger partial charge in [-0.25, -0.2) is 4.79 Å². The van der Waals surface area contributed by atoms with E-state index in [1.54, 1.807) is 4.90 Å². The molecule has 0 saturated carbocycles. The molecule has 120 valence electrons. The summed E-state index contributed by atoms with van der Waals surface area (Å²) in [5, 5.41) is 11.5. The van der Waals surface area contributed by atoms with Gasteiger partial charge in [0.05, 0.1) is 19.4 Å². The van der Waals surface area contributed by atoms with Crippen LogP contribution in [0.1, 0.15) is 38.0 Å². The average Bonchev–Trinajstić information content (AvgIpc) is 2.47. The maximum Gasteiger partial charge on any atom is 0.410 e. The van der Waals surface area contributed by atoms with Crippen LogP contribution in [0.4, 0.5) is 4.79 Å². The molecule has 1 heterocycles. The minimum absolute atomic E-state index is 0.179. The smallest absolute Gasteiger partial charge is 0.410 e. The highest BCUT2D eigenvalue weighted by molar-refractivity contribution is 5.79. The quantitative estimate of drug-likeness (QED) is 0.518. The molecule has 6 heteroatoms. The third kappa shape index (κ3) is 4.46. The molecular weight excluding hydrogens is 284 g/mol. The fraction of sp³-hybridized carbons (Fsp3) is 0.500. The highest BCUT2D eigenvalue weighted by atomic mass is 16.6. The number of oxime groups is 1. The molecule has 2 rings (SSSR count). The van der Waals surface area contributed by atoms with E-state index < -0.39 is 5.60 Å². The van der Waals surface area contributed by atoms with E-state index in [1.807, 2.05) is 45.0 Å². The lowest BCUT2D eigenvalue weighted by atomic mass is 10.1. The van der Waals surface area contributed by atoms with Crippen LogP contribution in [-0.2, 0) is 9.47 Å². The number of nitrogens with zero attached hydrogens (tertiary/aromatic N) is 2. The van der Waals surface area contributed by atoms with Crippen molar-refractivity contribution < 1.29 is 19.5 Å². The van der Waals surface area contributed by atoms with Crippen molar-refractivity contribution in [3.63, 3.8) is 0 Å². The molecule has 1 atom stereocenters. The number of carbonyl (C=O) groups is 1. The number of rotatable bonds is 2. The van der Waals surface area contributed by atoms with Crippen molar-refractivity contribution >= 4 is 12.3 Å². The zero-order valence-electron chi connectivity index (χ0n) is 13.2. The fourth-order valence-electron chi connectivity index (χ4n) is 2.21. The second-order valence-electron chi connectivity index (χ2n) is 6.20. The Morgan fingerprint density at radius 2 is 2.09 bits per heavy atom. The highest BCUT2D eigenvalue weighted by Crippen LogP contribution is 2.23. The van der Waals surface area contributed by atoms with Crippen molar-refractivity contribution in [2.24, 2.45) is 5.16 Å². The monoisotopic (exact) mass is 306 g/mol. The molecule has 22 heavy (non-hydrogen) atoms. The SMILES string of the molecule is CC(C)(C)OC(=O)N1CCOC(c2ccc(/C=N\O)cc2)C1. The zero-order valence-corrected chi connectivity index (χ0v) is 13.2. The minimum atomic E-state index is -0.504. The fourth-order valence-corrected chi connectivity index (χ4v) is 2.21. The first-order chi connectivity index (χ1) is 10.4. The lowest BCUT2D eigenvalue weighted by molar-refractivity contribution is -0.0432. The number of carbonyl (C=O) groups excluding carboxylic acids is 1. The Labute approximate surface area is 130 Å². The third-order valence-corrected chi connectivity index (χ3v) is 3.23. The van der Waals surface area contributed by atoms with Crippen LogP contribution >= 0.6 is 0 Å². The normalized spacial score (nSPS) is 19.4. The van der Waals surface area contributed by atoms with Crippen LogP contribution in [0.3, 0.4) is 0 Å². The van der Waals surface area contributed by atoms with Gasteiger partial charge < -0.3 is 19.6 Å². The zero-order chi connectivity index (χ0) is 16.2. The van der Waals surface area contributed by atoms with E-state index >= 15 is 0 Å². The Hall–Kier alpha value is -2.08. The van der Waals surface area contributed by atoms with Gasteiger partial charge in [0.2, 0.25) is 0 Å². The van der Waals surface area contributed by atoms with Crippen molar-refractivity contribution in [2.45, 2.75) is 32.5 Å². The van der Waals surface area contributed by atoms with Crippen LogP contribution in [-0.4, -0.2) is 47.7 Å². The van der Waals surface area contributed by atoms with Gasteiger partial charge in [0, 0.05) is 6.54 Å². The van der Waals surface area contributed by atoms with E-state index in [4.69, 9.17) is 14.7 Å². The van der Waals surface area contributed by atoms with E-state index in [0.29, 0.717) is 19.7 Å². The standard InChI is InChI=1S/C16H22N2O4/c1-16(2,3)22-15(19)18-8-9-21-14(11-18)13-6-4-12(5-7-13)10-17-20/h4-7,10,14,20H,8-9,11H2,1-3H3/b17-10-. The lowest BCUT2D eigenvalue weighted by Crippen LogP contribution is -2.44. The van der Waals surface area contributed by atoms with E-state index in [9.17, 15) is 4.79 Å². The average molecular weight is 306 g/mol. The molecule has 1 aromatic carbocycles. The lowest BCUT2D eigenvalue weighted by Gasteiger charge is -2.34.